The summed E-state index contributed by atoms with van der Waals surface area (Å²) >= 11 is 3.56. The maximum atomic E-state index is 3.56. The van der Waals surface area contributed by atoms with E-state index in [1.54, 1.807) is 0 Å². The van der Waals surface area contributed by atoms with E-state index in [0.29, 0.717) is 5.41 Å². The van der Waals surface area contributed by atoms with Crippen LogP contribution in [-0.2, 0) is 0 Å². The van der Waals surface area contributed by atoms with Crippen LogP contribution in [0.25, 0.3) is 0 Å². The second kappa shape index (κ2) is 4.13. The van der Waals surface area contributed by atoms with E-state index in [9.17, 15) is 0 Å². The standard InChI is InChI=1S/C11H21Br/c1-9-6-10(2)8-11(3,7-9)4-5-12/h9-10H,4-8H2,1-3H3. The Bertz CT molecular complexity index is 132. The van der Waals surface area contributed by atoms with Crippen molar-refractivity contribution in [1.29, 1.82) is 0 Å². The van der Waals surface area contributed by atoms with Crippen LogP contribution in [0.4, 0.5) is 0 Å². The van der Waals surface area contributed by atoms with Gasteiger partial charge in [-0.1, -0.05) is 36.7 Å². The molecule has 0 N–H and O–H groups in total. The normalized spacial score (nSPS) is 43.0. The highest BCUT2D eigenvalue weighted by Gasteiger charge is 2.32. The van der Waals surface area contributed by atoms with Gasteiger partial charge in [0.05, 0.1) is 0 Å². The Morgan fingerprint density at radius 3 is 2.17 bits per heavy atom. The fourth-order valence-electron chi connectivity index (χ4n) is 3.05. The summed E-state index contributed by atoms with van der Waals surface area (Å²) in [6.07, 6.45) is 5.66. The average Bonchev–Trinajstić information content (AvgIpc) is 1.82. The lowest BCUT2D eigenvalue weighted by molar-refractivity contribution is 0.120. The highest BCUT2D eigenvalue weighted by atomic mass is 79.9. The molecule has 1 aliphatic carbocycles. The van der Waals surface area contributed by atoms with Crippen LogP contribution in [0.2, 0.25) is 0 Å². The van der Waals surface area contributed by atoms with Gasteiger partial charge >= 0.3 is 0 Å². The third kappa shape index (κ3) is 2.76. The van der Waals surface area contributed by atoms with Crippen molar-refractivity contribution in [3.05, 3.63) is 0 Å². The number of rotatable bonds is 2. The van der Waals surface area contributed by atoms with Gasteiger partial charge in [0.25, 0.3) is 0 Å². The van der Waals surface area contributed by atoms with Crippen LogP contribution in [0.1, 0.15) is 46.5 Å². The first-order chi connectivity index (χ1) is 5.56. The molecule has 1 saturated carbocycles. The predicted molar refractivity (Wildman–Crippen MR) is 58.7 cm³/mol. The van der Waals surface area contributed by atoms with Gasteiger partial charge in [0.1, 0.15) is 0 Å². The lowest BCUT2D eigenvalue weighted by atomic mass is 9.66. The van der Waals surface area contributed by atoms with E-state index in [4.69, 9.17) is 0 Å². The summed E-state index contributed by atoms with van der Waals surface area (Å²) in [5, 5.41) is 1.17. The molecule has 0 aliphatic heterocycles. The van der Waals surface area contributed by atoms with Gasteiger partial charge in [0, 0.05) is 5.33 Å². The molecule has 1 fully saturated rings. The Morgan fingerprint density at radius 1 is 1.25 bits per heavy atom. The SMILES string of the molecule is CC1CC(C)CC(C)(CCBr)C1. The Balaban J connectivity index is 2.52. The Morgan fingerprint density at radius 2 is 1.75 bits per heavy atom. The number of hydrogen-bond acceptors (Lipinski definition) is 0. The molecule has 0 amide bonds. The minimum Gasteiger partial charge on any atom is -0.0928 e. The van der Waals surface area contributed by atoms with Gasteiger partial charge in [-0.3, -0.25) is 0 Å². The van der Waals surface area contributed by atoms with Crippen LogP contribution < -0.4 is 0 Å². The average molecular weight is 233 g/mol. The van der Waals surface area contributed by atoms with Gasteiger partial charge in [-0.2, -0.15) is 0 Å². The molecule has 12 heavy (non-hydrogen) atoms. The second-order valence-corrected chi connectivity index (χ2v) is 5.90. The van der Waals surface area contributed by atoms with Crippen LogP contribution >= 0.6 is 15.9 Å². The molecule has 2 atom stereocenters. The maximum Gasteiger partial charge on any atom is 0.00364 e. The van der Waals surface area contributed by atoms with E-state index in [1.165, 1.54) is 31.0 Å². The van der Waals surface area contributed by atoms with Gasteiger partial charge in [-0.15, -0.1) is 0 Å². The van der Waals surface area contributed by atoms with Gasteiger partial charge in [-0.05, 0) is 42.9 Å². The molecule has 0 nitrogen and oxygen atoms in total. The van der Waals surface area contributed by atoms with E-state index >= 15 is 0 Å². The summed E-state index contributed by atoms with van der Waals surface area (Å²) in [5.41, 5.74) is 0.626. The highest BCUT2D eigenvalue weighted by Crippen LogP contribution is 2.44. The van der Waals surface area contributed by atoms with Crippen molar-refractivity contribution in [3.63, 3.8) is 0 Å². The van der Waals surface area contributed by atoms with E-state index in [0.717, 1.165) is 11.8 Å². The van der Waals surface area contributed by atoms with Crippen LogP contribution in [0.5, 0.6) is 0 Å². The molecule has 0 saturated heterocycles. The van der Waals surface area contributed by atoms with Crippen LogP contribution in [0.15, 0.2) is 0 Å². The van der Waals surface area contributed by atoms with Crippen molar-refractivity contribution >= 4 is 15.9 Å². The quantitative estimate of drug-likeness (QED) is 0.626. The van der Waals surface area contributed by atoms with Crippen LogP contribution in [-0.4, -0.2) is 5.33 Å². The van der Waals surface area contributed by atoms with Crippen molar-refractivity contribution in [2.24, 2.45) is 17.3 Å². The zero-order valence-corrected chi connectivity index (χ0v) is 10.2. The maximum absolute atomic E-state index is 3.56. The molecule has 0 spiro atoms. The molecule has 0 heterocycles. The first-order valence-corrected chi connectivity index (χ1v) is 6.24. The van der Waals surface area contributed by atoms with Crippen molar-refractivity contribution < 1.29 is 0 Å². The largest absolute Gasteiger partial charge is 0.0928 e. The number of hydrogen-bond donors (Lipinski definition) is 0. The Kier molecular flexibility index (Phi) is 3.63. The molecule has 1 rings (SSSR count). The smallest absolute Gasteiger partial charge is 0.00364 e. The fraction of sp³-hybridized carbons (Fsp3) is 1.00. The van der Waals surface area contributed by atoms with Crippen molar-refractivity contribution in [1.82, 2.24) is 0 Å². The molecule has 0 aromatic carbocycles. The van der Waals surface area contributed by atoms with Crippen molar-refractivity contribution in [2.75, 3.05) is 5.33 Å². The molecule has 0 aromatic rings. The number of halogens is 1. The molecular formula is C11H21Br. The fourth-order valence-corrected chi connectivity index (χ4v) is 4.01. The van der Waals surface area contributed by atoms with Gasteiger partial charge in [-0.25, -0.2) is 0 Å². The van der Waals surface area contributed by atoms with Gasteiger partial charge < -0.3 is 0 Å². The zero-order chi connectivity index (χ0) is 9.19. The topological polar surface area (TPSA) is 0 Å². The van der Waals surface area contributed by atoms with E-state index < -0.39 is 0 Å². The van der Waals surface area contributed by atoms with E-state index in [1.807, 2.05) is 0 Å². The lowest BCUT2D eigenvalue weighted by Crippen LogP contribution is -2.29. The van der Waals surface area contributed by atoms with Crippen LogP contribution in [0.3, 0.4) is 0 Å². The molecule has 72 valence electrons. The zero-order valence-electron chi connectivity index (χ0n) is 8.57. The molecule has 1 heteroatoms. The molecule has 0 aromatic heterocycles. The first kappa shape index (κ1) is 10.6. The summed E-state index contributed by atoms with van der Waals surface area (Å²) in [6, 6.07) is 0. The first-order valence-electron chi connectivity index (χ1n) is 5.12. The van der Waals surface area contributed by atoms with Crippen molar-refractivity contribution in [3.8, 4) is 0 Å². The van der Waals surface area contributed by atoms with Crippen molar-refractivity contribution in [2.45, 2.75) is 46.5 Å². The number of alkyl halides is 1. The minimum atomic E-state index is 0.626. The summed E-state index contributed by atoms with van der Waals surface area (Å²) in [5.74, 6) is 1.88. The summed E-state index contributed by atoms with van der Waals surface area (Å²) in [4.78, 5) is 0. The lowest BCUT2D eigenvalue weighted by Gasteiger charge is -2.40. The second-order valence-electron chi connectivity index (χ2n) is 5.10. The molecule has 0 radical (unpaired) electrons. The predicted octanol–water partition coefficient (Wildman–Crippen LogP) is 4.23. The Hall–Kier alpha value is 0.480. The third-order valence-electron chi connectivity index (χ3n) is 3.19. The highest BCUT2D eigenvalue weighted by molar-refractivity contribution is 9.09. The van der Waals surface area contributed by atoms with E-state index in [-0.39, 0.29) is 0 Å². The minimum absolute atomic E-state index is 0.626. The monoisotopic (exact) mass is 232 g/mol. The van der Waals surface area contributed by atoms with Gasteiger partial charge in [0.2, 0.25) is 0 Å². The molecule has 2 unspecified atom stereocenters. The van der Waals surface area contributed by atoms with Crippen LogP contribution in [0, 0.1) is 17.3 Å². The summed E-state index contributed by atoms with van der Waals surface area (Å²) in [7, 11) is 0. The van der Waals surface area contributed by atoms with E-state index in [2.05, 4.69) is 36.7 Å². The summed E-state index contributed by atoms with van der Waals surface area (Å²) in [6.45, 7) is 7.27. The Labute approximate surface area is 85.3 Å². The summed E-state index contributed by atoms with van der Waals surface area (Å²) < 4.78 is 0. The third-order valence-corrected chi connectivity index (χ3v) is 3.58. The molecule has 1 aliphatic rings. The van der Waals surface area contributed by atoms with Gasteiger partial charge in [0.15, 0.2) is 0 Å². The molecule has 0 bridgehead atoms. The molecular weight excluding hydrogens is 212 g/mol.